The predicted octanol–water partition coefficient (Wildman–Crippen LogP) is 2.64. The largest absolute Gasteiger partial charge is 0.263 e. The number of aryl methyl sites for hydroxylation is 2. The van der Waals surface area contributed by atoms with Gasteiger partial charge < -0.3 is 0 Å². The molecule has 6 heteroatoms. The second-order valence-electron chi connectivity index (χ2n) is 4.19. The second kappa shape index (κ2) is 4.97. The Morgan fingerprint density at radius 1 is 1.16 bits per heavy atom. The van der Waals surface area contributed by atoms with Gasteiger partial charge in [-0.2, -0.15) is 0 Å². The molecule has 19 heavy (non-hydrogen) atoms. The van der Waals surface area contributed by atoms with E-state index in [1.54, 1.807) is 32.0 Å². The number of pyridine rings is 1. The van der Waals surface area contributed by atoms with Crippen molar-refractivity contribution in [2.24, 2.45) is 0 Å². The van der Waals surface area contributed by atoms with E-state index in [0.717, 1.165) is 0 Å². The molecule has 0 spiro atoms. The minimum absolute atomic E-state index is 0.0829. The lowest BCUT2D eigenvalue weighted by atomic mass is 10.1. The van der Waals surface area contributed by atoms with E-state index in [1.165, 1.54) is 18.3 Å². The fraction of sp³-hybridized carbons (Fsp3) is 0.154. The van der Waals surface area contributed by atoms with Crippen LogP contribution in [0.15, 0.2) is 41.4 Å². The lowest BCUT2D eigenvalue weighted by Crippen LogP contribution is -2.16. The summed E-state index contributed by atoms with van der Waals surface area (Å²) in [6.07, 6.45) is 1.49. The number of hydrogen-bond donors (Lipinski definition) is 1. The van der Waals surface area contributed by atoms with Crippen LogP contribution in [0.1, 0.15) is 11.1 Å². The summed E-state index contributed by atoms with van der Waals surface area (Å²) in [6.45, 7) is 3.12. The molecule has 0 unspecified atom stereocenters. The van der Waals surface area contributed by atoms with E-state index in [1.807, 2.05) is 0 Å². The number of benzene rings is 1. The Labute approximate surface area is 111 Å². The molecule has 0 atom stereocenters. The first-order chi connectivity index (χ1) is 8.90. The van der Waals surface area contributed by atoms with Crippen molar-refractivity contribution < 1.29 is 12.8 Å². The Morgan fingerprint density at radius 2 is 1.79 bits per heavy atom. The van der Waals surface area contributed by atoms with Gasteiger partial charge in [0.15, 0.2) is 0 Å². The summed E-state index contributed by atoms with van der Waals surface area (Å²) in [5.74, 6) is -0.225. The van der Waals surface area contributed by atoms with Crippen LogP contribution in [0, 0.1) is 19.7 Å². The van der Waals surface area contributed by atoms with Crippen LogP contribution in [0.25, 0.3) is 0 Å². The molecule has 1 aromatic carbocycles. The normalized spacial score (nSPS) is 11.3. The molecule has 0 aliphatic carbocycles. The maximum absolute atomic E-state index is 13.2. The van der Waals surface area contributed by atoms with Crippen LogP contribution >= 0.6 is 0 Å². The Kier molecular flexibility index (Phi) is 3.53. The molecule has 1 N–H and O–H groups in total. The van der Waals surface area contributed by atoms with Crippen molar-refractivity contribution in [1.82, 2.24) is 4.98 Å². The van der Waals surface area contributed by atoms with Crippen LogP contribution in [0.2, 0.25) is 0 Å². The quantitative estimate of drug-likeness (QED) is 0.940. The fourth-order valence-corrected chi connectivity index (χ4v) is 3.40. The van der Waals surface area contributed by atoms with Gasteiger partial charge in [0.25, 0.3) is 10.0 Å². The van der Waals surface area contributed by atoms with E-state index < -0.39 is 15.8 Å². The highest BCUT2D eigenvalue weighted by Gasteiger charge is 2.20. The van der Waals surface area contributed by atoms with Crippen molar-refractivity contribution >= 4 is 15.8 Å². The van der Waals surface area contributed by atoms with Gasteiger partial charge in [0, 0.05) is 6.20 Å². The average molecular weight is 280 g/mol. The van der Waals surface area contributed by atoms with E-state index in [4.69, 9.17) is 0 Å². The summed E-state index contributed by atoms with van der Waals surface area (Å²) in [4.78, 5) is 3.98. The molecule has 0 radical (unpaired) electrons. The second-order valence-corrected chi connectivity index (χ2v) is 5.81. The van der Waals surface area contributed by atoms with Crippen molar-refractivity contribution in [1.29, 1.82) is 0 Å². The fourth-order valence-electron chi connectivity index (χ4n) is 1.93. The van der Waals surface area contributed by atoms with Crippen molar-refractivity contribution in [2.45, 2.75) is 18.7 Å². The Hall–Kier alpha value is -1.95. The van der Waals surface area contributed by atoms with E-state index in [2.05, 4.69) is 9.71 Å². The number of nitrogens with one attached hydrogen (secondary N) is 1. The molecule has 0 aliphatic rings. The molecule has 0 amide bonds. The van der Waals surface area contributed by atoms with Crippen LogP contribution in [0.5, 0.6) is 0 Å². The summed E-state index contributed by atoms with van der Waals surface area (Å²) in [5, 5.41) is 0. The number of hydrogen-bond acceptors (Lipinski definition) is 3. The van der Waals surface area contributed by atoms with Crippen molar-refractivity contribution in [3.63, 3.8) is 0 Å². The van der Waals surface area contributed by atoms with Crippen LogP contribution < -0.4 is 4.72 Å². The maximum atomic E-state index is 13.2. The average Bonchev–Trinajstić information content (AvgIpc) is 2.27. The third-order valence-corrected chi connectivity index (χ3v) is 4.26. The minimum atomic E-state index is -3.77. The molecule has 0 fully saturated rings. The van der Waals surface area contributed by atoms with Gasteiger partial charge >= 0.3 is 0 Å². The van der Waals surface area contributed by atoms with E-state index in [9.17, 15) is 12.8 Å². The van der Waals surface area contributed by atoms with Gasteiger partial charge in [-0.1, -0.05) is 6.07 Å². The van der Waals surface area contributed by atoms with Crippen LogP contribution in [0.4, 0.5) is 10.2 Å². The Balaban J connectivity index is 2.46. The molecule has 0 aliphatic heterocycles. The predicted molar refractivity (Wildman–Crippen MR) is 70.9 cm³/mol. The van der Waals surface area contributed by atoms with Gasteiger partial charge in [-0.3, -0.25) is 4.72 Å². The molecule has 0 bridgehead atoms. The number of aromatic nitrogens is 1. The molecule has 4 nitrogen and oxygen atoms in total. The number of anilines is 1. The highest BCUT2D eigenvalue weighted by Crippen LogP contribution is 2.23. The van der Waals surface area contributed by atoms with Crippen LogP contribution in [-0.4, -0.2) is 13.4 Å². The van der Waals surface area contributed by atoms with Gasteiger partial charge in [0.05, 0.1) is 4.90 Å². The maximum Gasteiger partial charge on any atom is 0.263 e. The third kappa shape index (κ3) is 2.90. The van der Waals surface area contributed by atoms with Crippen LogP contribution in [0.3, 0.4) is 0 Å². The number of sulfonamides is 1. The van der Waals surface area contributed by atoms with Crippen molar-refractivity contribution in [3.8, 4) is 0 Å². The van der Waals surface area contributed by atoms with E-state index in [0.29, 0.717) is 11.1 Å². The molecule has 100 valence electrons. The van der Waals surface area contributed by atoms with Gasteiger partial charge in [-0.05, 0) is 49.2 Å². The third-order valence-electron chi connectivity index (χ3n) is 2.60. The van der Waals surface area contributed by atoms with Gasteiger partial charge in [-0.25, -0.2) is 17.8 Å². The summed E-state index contributed by atoms with van der Waals surface area (Å²) < 4.78 is 40.1. The van der Waals surface area contributed by atoms with Crippen molar-refractivity contribution in [2.75, 3.05) is 4.72 Å². The van der Waals surface area contributed by atoms with E-state index in [-0.39, 0.29) is 10.7 Å². The molecule has 2 aromatic rings. The summed E-state index contributed by atoms with van der Waals surface area (Å²) in [5.41, 5.74) is 0.724. The highest BCUT2D eigenvalue weighted by atomic mass is 32.2. The summed E-state index contributed by atoms with van der Waals surface area (Å²) >= 11 is 0. The number of halogens is 1. The molecule has 0 saturated heterocycles. The monoisotopic (exact) mass is 280 g/mol. The highest BCUT2D eigenvalue weighted by molar-refractivity contribution is 7.92. The zero-order chi connectivity index (χ0) is 14.0. The topological polar surface area (TPSA) is 59.1 Å². The number of nitrogens with zero attached hydrogens (tertiary/aromatic N) is 1. The lowest BCUT2D eigenvalue weighted by Gasteiger charge is -2.12. The zero-order valence-electron chi connectivity index (χ0n) is 10.5. The standard InChI is InChI=1S/C13H13FN2O2S/c1-9-7-11(14)8-10(2)13(9)19(17,18)16-12-5-3-4-6-15-12/h3-8H,1-2H3,(H,15,16). The summed E-state index contributed by atoms with van der Waals surface area (Å²) in [7, 11) is -3.77. The van der Waals surface area contributed by atoms with Gasteiger partial charge in [0.2, 0.25) is 0 Å². The van der Waals surface area contributed by atoms with Crippen molar-refractivity contribution in [3.05, 3.63) is 53.5 Å². The SMILES string of the molecule is Cc1cc(F)cc(C)c1S(=O)(=O)Nc1ccccn1. The van der Waals surface area contributed by atoms with E-state index >= 15 is 0 Å². The number of rotatable bonds is 3. The first kappa shape index (κ1) is 13.5. The minimum Gasteiger partial charge on any atom is -0.263 e. The lowest BCUT2D eigenvalue weighted by molar-refractivity contribution is 0.597. The first-order valence-electron chi connectivity index (χ1n) is 5.61. The summed E-state index contributed by atoms with van der Waals surface area (Å²) in [6, 6.07) is 7.30. The van der Waals surface area contributed by atoms with Crippen LogP contribution in [-0.2, 0) is 10.0 Å². The Bertz CT molecular complexity index is 677. The molecular weight excluding hydrogens is 267 g/mol. The van der Waals surface area contributed by atoms with Gasteiger partial charge in [-0.15, -0.1) is 0 Å². The molecule has 1 aromatic heterocycles. The van der Waals surface area contributed by atoms with Gasteiger partial charge in [0.1, 0.15) is 11.6 Å². The molecule has 0 saturated carbocycles. The zero-order valence-corrected chi connectivity index (χ0v) is 11.3. The Morgan fingerprint density at radius 3 is 2.32 bits per heavy atom. The first-order valence-corrected chi connectivity index (χ1v) is 7.09. The molecule has 1 heterocycles. The molecular formula is C13H13FN2O2S. The molecule has 2 rings (SSSR count). The smallest absolute Gasteiger partial charge is 0.263 e.